The Kier molecular flexibility index (Phi) is 4.48. The van der Waals surface area contributed by atoms with Crippen LogP contribution in [0.2, 0.25) is 5.15 Å². The van der Waals surface area contributed by atoms with E-state index in [0.717, 1.165) is 4.90 Å². The standard InChI is InChI=1S/C12H13ClN2O5S/c13-10-3-1-2-9(14-10)12(18)15(6-11(16)17)8-4-5-21(19,20)7-8/h1-3,8H,4-7H2,(H,16,17). The van der Waals surface area contributed by atoms with Crippen LogP contribution in [0.1, 0.15) is 16.9 Å². The molecule has 0 aromatic carbocycles. The fourth-order valence-corrected chi connectivity index (χ4v) is 4.10. The third kappa shape index (κ3) is 3.92. The predicted molar refractivity (Wildman–Crippen MR) is 75.0 cm³/mol. The number of halogens is 1. The Bertz CT molecular complexity index is 676. The molecular weight excluding hydrogens is 320 g/mol. The highest BCUT2D eigenvalue weighted by atomic mass is 35.5. The summed E-state index contributed by atoms with van der Waals surface area (Å²) in [6, 6.07) is 3.76. The maximum atomic E-state index is 12.4. The Hall–Kier alpha value is -1.67. The van der Waals surface area contributed by atoms with E-state index in [2.05, 4.69) is 4.98 Å². The molecule has 114 valence electrons. The molecule has 1 aliphatic rings. The Morgan fingerprint density at radius 1 is 1.43 bits per heavy atom. The van der Waals surface area contributed by atoms with Crippen molar-refractivity contribution in [3.05, 3.63) is 29.0 Å². The van der Waals surface area contributed by atoms with Crippen LogP contribution in [0.5, 0.6) is 0 Å². The number of carboxylic acids is 1. The first kappa shape index (κ1) is 15.7. The summed E-state index contributed by atoms with van der Waals surface area (Å²) in [6.07, 6.45) is 0.224. The second kappa shape index (κ2) is 5.98. The number of carbonyl (C=O) groups is 2. The summed E-state index contributed by atoms with van der Waals surface area (Å²) < 4.78 is 23.0. The smallest absolute Gasteiger partial charge is 0.323 e. The van der Waals surface area contributed by atoms with Crippen LogP contribution >= 0.6 is 11.6 Å². The number of carboxylic acid groups (broad SMARTS) is 1. The lowest BCUT2D eigenvalue weighted by Gasteiger charge is -2.26. The SMILES string of the molecule is O=C(O)CN(C(=O)c1cccc(Cl)n1)C1CCS(=O)(=O)C1. The van der Waals surface area contributed by atoms with Gasteiger partial charge < -0.3 is 10.0 Å². The minimum absolute atomic E-state index is 0.00644. The summed E-state index contributed by atoms with van der Waals surface area (Å²) in [5.41, 5.74) is -0.00644. The predicted octanol–water partition coefficient (Wildman–Crippen LogP) is 0.449. The third-order valence-corrected chi connectivity index (χ3v) is 5.11. The molecule has 0 bridgehead atoms. The van der Waals surface area contributed by atoms with Gasteiger partial charge in [0.05, 0.1) is 11.5 Å². The average molecular weight is 333 g/mol. The maximum Gasteiger partial charge on any atom is 0.323 e. The molecule has 1 fully saturated rings. The van der Waals surface area contributed by atoms with Crippen molar-refractivity contribution in [1.82, 2.24) is 9.88 Å². The minimum atomic E-state index is -3.23. The average Bonchev–Trinajstić information content (AvgIpc) is 2.75. The van der Waals surface area contributed by atoms with E-state index in [4.69, 9.17) is 16.7 Å². The molecule has 0 aliphatic carbocycles. The molecule has 1 atom stereocenters. The molecule has 0 radical (unpaired) electrons. The van der Waals surface area contributed by atoms with Gasteiger partial charge in [0.2, 0.25) is 0 Å². The van der Waals surface area contributed by atoms with Crippen molar-refractivity contribution in [2.24, 2.45) is 0 Å². The zero-order chi connectivity index (χ0) is 15.6. The molecule has 1 unspecified atom stereocenters. The molecule has 0 spiro atoms. The summed E-state index contributed by atoms with van der Waals surface area (Å²) in [7, 11) is -3.23. The van der Waals surface area contributed by atoms with E-state index in [9.17, 15) is 18.0 Å². The fraction of sp³-hybridized carbons (Fsp3) is 0.417. The van der Waals surface area contributed by atoms with Gasteiger partial charge in [-0.25, -0.2) is 13.4 Å². The van der Waals surface area contributed by atoms with Gasteiger partial charge in [-0.05, 0) is 18.6 Å². The monoisotopic (exact) mass is 332 g/mol. The summed E-state index contributed by atoms with van der Waals surface area (Å²) in [4.78, 5) is 28.2. The van der Waals surface area contributed by atoms with Gasteiger partial charge in [0.1, 0.15) is 17.4 Å². The molecule has 1 amide bonds. The summed E-state index contributed by atoms with van der Waals surface area (Å²) in [6.45, 7) is -0.576. The molecule has 9 heteroatoms. The van der Waals surface area contributed by atoms with Gasteiger partial charge in [-0.1, -0.05) is 17.7 Å². The number of pyridine rings is 1. The van der Waals surface area contributed by atoms with E-state index in [1.165, 1.54) is 18.2 Å². The Morgan fingerprint density at radius 3 is 2.67 bits per heavy atom. The Balaban J connectivity index is 2.28. The molecule has 1 aromatic rings. The van der Waals surface area contributed by atoms with Crippen molar-refractivity contribution in [2.45, 2.75) is 12.5 Å². The van der Waals surface area contributed by atoms with Crippen LogP contribution in [0.4, 0.5) is 0 Å². The lowest BCUT2D eigenvalue weighted by molar-refractivity contribution is -0.138. The molecule has 2 heterocycles. The molecule has 2 rings (SSSR count). The van der Waals surface area contributed by atoms with Crippen molar-refractivity contribution in [3.8, 4) is 0 Å². The molecular formula is C12H13ClN2O5S. The van der Waals surface area contributed by atoms with Crippen molar-refractivity contribution >= 4 is 33.3 Å². The molecule has 7 nitrogen and oxygen atoms in total. The van der Waals surface area contributed by atoms with Gasteiger partial charge in [-0.2, -0.15) is 0 Å². The number of amides is 1. The maximum absolute atomic E-state index is 12.4. The van der Waals surface area contributed by atoms with E-state index >= 15 is 0 Å². The summed E-state index contributed by atoms with van der Waals surface area (Å²) in [5, 5.41) is 9.04. The third-order valence-electron chi connectivity index (χ3n) is 3.15. The van der Waals surface area contributed by atoms with Gasteiger partial charge in [0.15, 0.2) is 9.84 Å². The second-order valence-corrected chi connectivity index (χ2v) is 7.35. The van der Waals surface area contributed by atoms with Crippen LogP contribution in [0.15, 0.2) is 18.2 Å². The fourth-order valence-electron chi connectivity index (χ4n) is 2.21. The van der Waals surface area contributed by atoms with Gasteiger partial charge >= 0.3 is 5.97 Å². The Labute approximate surface area is 126 Å². The number of aliphatic carboxylic acids is 1. The number of nitrogens with zero attached hydrogens (tertiary/aromatic N) is 2. The van der Waals surface area contributed by atoms with Crippen LogP contribution in [0.25, 0.3) is 0 Å². The van der Waals surface area contributed by atoms with E-state index in [1.807, 2.05) is 0 Å². The van der Waals surface area contributed by atoms with Crippen molar-refractivity contribution in [2.75, 3.05) is 18.1 Å². The largest absolute Gasteiger partial charge is 0.480 e. The molecule has 1 saturated heterocycles. The molecule has 1 aliphatic heterocycles. The van der Waals surface area contributed by atoms with Crippen LogP contribution in [-0.4, -0.2) is 59.4 Å². The molecule has 1 N–H and O–H groups in total. The van der Waals surface area contributed by atoms with E-state index < -0.39 is 34.3 Å². The van der Waals surface area contributed by atoms with Crippen LogP contribution in [0, 0.1) is 0 Å². The highest BCUT2D eigenvalue weighted by Crippen LogP contribution is 2.20. The summed E-state index contributed by atoms with van der Waals surface area (Å²) >= 11 is 5.71. The van der Waals surface area contributed by atoms with Crippen LogP contribution in [0.3, 0.4) is 0 Å². The highest BCUT2D eigenvalue weighted by molar-refractivity contribution is 7.91. The van der Waals surface area contributed by atoms with E-state index in [0.29, 0.717) is 0 Å². The topological polar surface area (TPSA) is 105 Å². The van der Waals surface area contributed by atoms with E-state index in [1.54, 1.807) is 0 Å². The van der Waals surface area contributed by atoms with Crippen molar-refractivity contribution < 1.29 is 23.1 Å². The first-order valence-corrected chi connectivity index (χ1v) is 8.34. The van der Waals surface area contributed by atoms with Crippen molar-refractivity contribution in [1.29, 1.82) is 0 Å². The van der Waals surface area contributed by atoms with Gasteiger partial charge in [-0.3, -0.25) is 9.59 Å². The normalized spacial score (nSPS) is 20.1. The number of aromatic nitrogens is 1. The quantitative estimate of drug-likeness (QED) is 0.803. The zero-order valence-electron chi connectivity index (χ0n) is 10.9. The van der Waals surface area contributed by atoms with Crippen molar-refractivity contribution in [3.63, 3.8) is 0 Å². The molecule has 0 saturated carbocycles. The number of sulfone groups is 1. The highest BCUT2D eigenvalue weighted by Gasteiger charge is 2.36. The lowest BCUT2D eigenvalue weighted by atomic mass is 10.2. The minimum Gasteiger partial charge on any atom is -0.480 e. The Morgan fingerprint density at radius 2 is 2.14 bits per heavy atom. The lowest BCUT2D eigenvalue weighted by Crippen LogP contribution is -2.44. The zero-order valence-corrected chi connectivity index (χ0v) is 12.5. The second-order valence-electron chi connectivity index (χ2n) is 4.73. The van der Waals surface area contributed by atoms with Gasteiger partial charge in [0, 0.05) is 6.04 Å². The first-order chi connectivity index (χ1) is 9.78. The van der Waals surface area contributed by atoms with Gasteiger partial charge in [-0.15, -0.1) is 0 Å². The number of rotatable bonds is 4. The summed E-state index contributed by atoms with van der Waals surface area (Å²) in [5.74, 6) is -2.13. The number of hydrogen-bond donors (Lipinski definition) is 1. The molecule has 1 aromatic heterocycles. The molecule has 21 heavy (non-hydrogen) atoms. The first-order valence-electron chi connectivity index (χ1n) is 6.14. The van der Waals surface area contributed by atoms with Crippen LogP contribution < -0.4 is 0 Å². The van der Waals surface area contributed by atoms with Gasteiger partial charge in [0.25, 0.3) is 5.91 Å². The van der Waals surface area contributed by atoms with Crippen LogP contribution in [-0.2, 0) is 14.6 Å². The number of hydrogen-bond acceptors (Lipinski definition) is 5. The van der Waals surface area contributed by atoms with E-state index in [-0.39, 0.29) is 28.8 Å². The number of carbonyl (C=O) groups excluding carboxylic acids is 1.